The number of benzene rings is 1. The molecule has 0 saturated carbocycles. The van der Waals surface area contributed by atoms with Gasteiger partial charge in [-0.15, -0.1) is 0 Å². The molecule has 1 aliphatic heterocycles. The first kappa shape index (κ1) is 14.7. The molecule has 22 heavy (non-hydrogen) atoms. The van der Waals surface area contributed by atoms with Gasteiger partial charge in [0.15, 0.2) is 0 Å². The Bertz CT molecular complexity index is 784. The summed E-state index contributed by atoms with van der Waals surface area (Å²) < 4.78 is 22.5. The summed E-state index contributed by atoms with van der Waals surface area (Å²) >= 11 is 0. The maximum atomic E-state index is 11.2. The van der Waals surface area contributed by atoms with Gasteiger partial charge in [-0.2, -0.15) is 0 Å². The van der Waals surface area contributed by atoms with Gasteiger partial charge in [-0.05, 0) is 29.7 Å². The Morgan fingerprint density at radius 1 is 1.09 bits per heavy atom. The summed E-state index contributed by atoms with van der Waals surface area (Å²) in [4.78, 5) is 6.35. The first-order chi connectivity index (χ1) is 10.5. The molecule has 0 unspecified atom stereocenters. The molecule has 1 aliphatic rings. The molecular formula is C16H17N3O2S. The van der Waals surface area contributed by atoms with Crippen molar-refractivity contribution in [2.24, 2.45) is 5.14 Å². The van der Waals surface area contributed by atoms with E-state index in [1.54, 1.807) is 6.07 Å². The molecule has 6 heteroatoms. The van der Waals surface area contributed by atoms with Gasteiger partial charge in [-0.25, -0.2) is 18.5 Å². The van der Waals surface area contributed by atoms with E-state index in [0.717, 1.165) is 25.3 Å². The highest BCUT2D eigenvalue weighted by Crippen LogP contribution is 2.24. The topological polar surface area (TPSA) is 76.3 Å². The highest BCUT2D eigenvalue weighted by Gasteiger charge is 2.15. The standard InChI is InChI=1S/C16H17N3O2S/c17-22(20,21)15-6-7-16(18-12-15)19-10-8-14(9-11-19)13-4-2-1-3-5-13/h1-8,12H,9-11H2,(H2,17,20,21). The fourth-order valence-electron chi connectivity index (χ4n) is 2.52. The number of rotatable bonds is 3. The second-order valence-corrected chi connectivity index (χ2v) is 6.75. The van der Waals surface area contributed by atoms with E-state index >= 15 is 0 Å². The van der Waals surface area contributed by atoms with Crippen molar-refractivity contribution in [2.45, 2.75) is 11.3 Å². The van der Waals surface area contributed by atoms with Crippen molar-refractivity contribution in [1.82, 2.24) is 4.98 Å². The highest BCUT2D eigenvalue weighted by atomic mass is 32.2. The predicted molar refractivity (Wildman–Crippen MR) is 86.9 cm³/mol. The van der Waals surface area contributed by atoms with Crippen molar-refractivity contribution in [2.75, 3.05) is 18.0 Å². The number of primary sulfonamides is 1. The van der Waals surface area contributed by atoms with Crippen molar-refractivity contribution in [3.8, 4) is 0 Å². The molecule has 114 valence electrons. The Morgan fingerprint density at radius 3 is 2.41 bits per heavy atom. The normalized spacial score (nSPS) is 15.5. The maximum absolute atomic E-state index is 11.2. The molecule has 2 aromatic rings. The maximum Gasteiger partial charge on any atom is 0.239 e. The van der Waals surface area contributed by atoms with Gasteiger partial charge in [-0.3, -0.25) is 0 Å². The van der Waals surface area contributed by atoms with Crippen LogP contribution in [0.2, 0.25) is 0 Å². The van der Waals surface area contributed by atoms with Crippen LogP contribution in [0, 0.1) is 0 Å². The van der Waals surface area contributed by atoms with Gasteiger partial charge >= 0.3 is 0 Å². The third-order valence-electron chi connectivity index (χ3n) is 3.73. The van der Waals surface area contributed by atoms with Crippen LogP contribution in [0.15, 0.2) is 59.6 Å². The SMILES string of the molecule is NS(=O)(=O)c1ccc(N2CC=C(c3ccccc3)CC2)nc1. The third-order valence-corrected chi connectivity index (χ3v) is 4.63. The van der Waals surface area contributed by atoms with Crippen molar-refractivity contribution < 1.29 is 8.42 Å². The lowest BCUT2D eigenvalue weighted by molar-refractivity contribution is 0.597. The van der Waals surface area contributed by atoms with Crippen LogP contribution in [-0.2, 0) is 10.0 Å². The molecule has 0 radical (unpaired) electrons. The molecule has 5 nitrogen and oxygen atoms in total. The van der Waals surface area contributed by atoms with Gasteiger partial charge < -0.3 is 4.90 Å². The van der Waals surface area contributed by atoms with Crippen LogP contribution in [0.4, 0.5) is 5.82 Å². The van der Waals surface area contributed by atoms with Gasteiger partial charge in [0.25, 0.3) is 0 Å². The zero-order valence-corrected chi connectivity index (χ0v) is 12.8. The first-order valence-electron chi connectivity index (χ1n) is 7.02. The molecule has 3 rings (SSSR count). The molecule has 2 N–H and O–H groups in total. The van der Waals surface area contributed by atoms with E-state index in [2.05, 4.69) is 28.1 Å². The molecular weight excluding hydrogens is 298 g/mol. The molecule has 0 atom stereocenters. The van der Waals surface area contributed by atoms with Crippen LogP contribution >= 0.6 is 0 Å². The summed E-state index contributed by atoms with van der Waals surface area (Å²) in [5, 5.41) is 5.08. The van der Waals surface area contributed by atoms with Gasteiger partial charge in [0.2, 0.25) is 10.0 Å². The fraction of sp³-hybridized carbons (Fsp3) is 0.188. The summed E-state index contributed by atoms with van der Waals surface area (Å²) in [6.07, 6.45) is 4.43. The average molecular weight is 315 g/mol. The van der Waals surface area contributed by atoms with Crippen LogP contribution in [-0.4, -0.2) is 26.5 Å². The summed E-state index contributed by atoms with van der Waals surface area (Å²) in [5.41, 5.74) is 2.58. The van der Waals surface area contributed by atoms with Gasteiger partial charge in [0.05, 0.1) is 0 Å². The number of anilines is 1. The number of hydrogen-bond acceptors (Lipinski definition) is 4. The third kappa shape index (κ3) is 3.18. The molecule has 0 spiro atoms. The van der Waals surface area contributed by atoms with Crippen molar-refractivity contribution in [1.29, 1.82) is 0 Å². The quantitative estimate of drug-likeness (QED) is 0.940. The smallest absolute Gasteiger partial charge is 0.239 e. The fourth-order valence-corrected chi connectivity index (χ4v) is 2.98. The Morgan fingerprint density at radius 2 is 1.86 bits per heavy atom. The summed E-state index contributed by atoms with van der Waals surface area (Å²) in [6.45, 7) is 1.61. The van der Waals surface area contributed by atoms with Gasteiger partial charge in [-0.1, -0.05) is 36.4 Å². The Kier molecular flexibility index (Phi) is 3.96. The van der Waals surface area contributed by atoms with Crippen LogP contribution in [0.25, 0.3) is 5.57 Å². The van der Waals surface area contributed by atoms with Crippen LogP contribution in [0.1, 0.15) is 12.0 Å². The summed E-state index contributed by atoms with van der Waals surface area (Å²) in [6, 6.07) is 13.5. The van der Waals surface area contributed by atoms with E-state index in [0.29, 0.717) is 0 Å². The highest BCUT2D eigenvalue weighted by molar-refractivity contribution is 7.89. The molecule has 0 saturated heterocycles. The molecule has 0 amide bonds. The van der Waals surface area contributed by atoms with Gasteiger partial charge in [0, 0.05) is 19.3 Å². The number of nitrogens with two attached hydrogens (primary N) is 1. The minimum absolute atomic E-state index is 0.0359. The zero-order chi connectivity index (χ0) is 15.6. The minimum Gasteiger partial charge on any atom is -0.353 e. The average Bonchev–Trinajstić information content (AvgIpc) is 2.55. The van der Waals surface area contributed by atoms with E-state index in [1.807, 2.05) is 18.2 Å². The summed E-state index contributed by atoms with van der Waals surface area (Å²) in [5.74, 6) is 0.760. The number of nitrogens with zero attached hydrogens (tertiary/aromatic N) is 2. The molecule has 1 aromatic heterocycles. The van der Waals surface area contributed by atoms with Crippen molar-refractivity contribution >= 4 is 21.4 Å². The molecule has 0 aliphatic carbocycles. The molecule has 0 fully saturated rings. The number of sulfonamides is 1. The van der Waals surface area contributed by atoms with Crippen molar-refractivity contribution in [3.05, 3.63) is 60.3 Å². The lowest BCUT2D eigenvalue weighted by atomic mass is 10.00. The lowest BCUT2D eigenvalue weighted by Crippen LogP contribution is -2.29. The molecule has 1 aromatic carbocycles. The van der Waals surface area contributed by atoms with Crippen LogP contribution in [0.5, 0.6) is 0 Å². The Balaban J connectivity index is 1.75. The second-order valence-electron chi connectivity index (χ2n) is 5.19. The Hall–Kier alpha value is -2.18. The second kappa shape index (κ2) is 5.90. The van der Waals surface area contributed by atoms with Crippen LogP contribution in [0.3, 0.4) is 0 Å². The minimum atomic E-state index is -3.69. The Labute approximate surface area is 130 Å². The molecule has 2 heterocycles. The largest absolute Gasteiger partial charge is 0.353 e. The van der Waals surface area contributed by atoms with E-state index < -0.39 is 10.0 Å². The monoisotopic (exact) mass is 315 g/mol. The number of aromatic nitrogens is 1. The van der Waals surface area contributed by atoms with E-state index in [4.69, 9.17) is 5.14 Å². The molecule has 0 bridgehead atoms. The van der Waals surface area contributed by atoms with Crippen LogP contribution < -0.4 is 10.0 Å². The summed E-state index contributed by atoms with van der Waals surface area (Å²) in [7, 11) is -3.69. The van der Waals surface area contributed by atoms with Gasteiger partial charge in [0.1, 0.15) is 10.7 Å². The van der Waals surface area contributed by atoms with Crippen molar-refractivity contribution in [3.63, 3.8) is 0 Å². The lowest BCUT2D eigenvalue weighted by Gasteiger charge is -2.27. The van der Waals surface area contributed by atoms with E-state index in [9.17, 15) is 8.42 Å². The van der Waals surface area contributed by atoms with E-state index in [1.165, 1.54) is 23.4 Å². The number of hydrogen-bond donors (Lipinski definition) is 1. The zero-order valence-electron chi connectivity index (χ0n) is 12.0. The van der Waals surface area contributed by atoms with E-state index in [-0.39, 0.29) is 4.90 Å². The number of pyridine rings is 1. The predicted octanol–water partition coefficient (Wildman–Crippen LogP) is 2.02. The first-order valence-corrected chi connectivity index (χ1v) is 8.57.